The zero-order valence-corrected chi connectivity index (χ0v) is 13.1. The summed E-state index contributed by atoms with van der Waals surface area (Å²) in [5.41, 5.74) is 7.75. The van der Waals surface area contributed by atoms with Crippen LogP contribution in [0.1, 0.15) is 37.6 Å². The van der Waals surface area contributed by atoms with Crippen LogP contribution in [0, 0.1) is 5.41 Å². The zero-order valence-electron chi connectivity index (χ0n) is 13.1. The zero-order chi connectivity index (χ0) is 15.6. The van der Waals surface area contributed by atoms with E-state index < -0.39 is 0 Å². The Morgan fingerprint density at radius 1 is 1.48 bits per heavy atom. The number of rotatable bonds is 5. The molecule has 2 unspecified atom stereocenters. The van der Waals surface area contributed by atoms with Crippen molar-refractivity contribution in [2.45, 2.75) is 39.3 Å². The molecule has 0 spiro atoms. The predicted molar refractivity (Wildman–Crippen MR) is 83.4 cm³/mol. The van der Waals surface area contributed by atoms with Gasteiger partial charge in [-0.15, -0.1) is 0 Å². The number of benzene rings is 1. The van der Waals surface area contributed by atoms with Crippen LogP contribution in [0.25, 0.3) is 0 Å². The number of hydrogen-bond acceptors (Lipinski definition) is 5. The molecule has 2 atom stereocenters. The van der Waals surface area contributed by atoms with Gasteiger partial charge in [0, 0.05) is 18.6 Å². The normalized spacial score (nSPS) is 23.2. The van der Waals surface area contributed by atoms with Gasteiger partial charge in [-0.05, 0) is 25.5 Å². The molecule has 5 heteroatoms. The quantitative estimate of drug-likeness (QED) is 0.645. The Morgan fingerprint density at radius 2 is 2.19 bits per heavy atom. The predicted octanol–water partition coefficient (Wildman–Crippen LogP) is 2.67. The molecule has 5 nitrogen and oxygen atoms in total. The van der Waals surface area contributed by atoms with Crippen LogP contribution in [0.3, 0.4) is 0 Å². The van der Waals surface area contributed by atoms with Crippen molar-refractivity contribution < 1.29 is 14.3 Å². The summed E-state index contributed by atoms with van der Waals surface area (Å²) >= 11 is 0. The van der Waals surface area contributed by atoms with Gasteiger partial charge in [0.05, 0.1) is 29.6 Å². The number of esters is 1. The highest BCUT2D eigenvalue weighted by Crippen LogP contribution is 2.44. The molecular weight excluding hydrogens is 268 g/mol. The highest BCUT2D eigenvalue weighted by atomic mass is 16.5. The minimum atomic E-state index is -0.388. The van der Waals surface area contributed by atoms with Crippen LogP contribution in [0.4, 0.5) is 11.4 Å². The van der Waals surface area contributed by atoms with E-state index in [0.717, 1.165) is 12.1 Å². The second-order valence-corrected chi connectivity index (χ2v) is 5.97. The van der Waals surface area contributed by atoms with Gasteiger partial charge in [-0.25, -0.2) is 4.79 Å². The van der Waals surface area contributed by atoms with Gasteiger partial charge in [0.2, 0.25) is 0 Å². The van der Waals surface area contributed by atoms with E-state index in [1.54, 1.807) is 20.1 Å². The lowest BCUT2D eigenvalue weighted by atomic mass is 9.64. The maximum atomic E-state index is 11.9. The van der Waals surface area contributed by atoms with E-state index in [4.69, 9.17) is 15.2 Å². The molecule has 1 aromatic rings. The van der Waals surface area contributed by atoms with Crippen molar-refractivity contribution >= 4 is 17.3 Å². The van der Waals surface area contributed by atoms with E-state index in [-0.39, 0.29) is 23.5 Å². The Kier molecular flexibility index (Phi) is 4.42. The first-order valence-electron chi connectivity index (χ1n) is 7.26. The number of nitrogens with one attached hydrogen (secondary N) is 1. The van der Waals surface area contributed by atoms with Crippen LogP contribution in [0.2, 0.25) is 0 Å². The van der Waals surface area contributed by atoms with Crippen molar-refractivity contribution in [1.29, 1.82) is 0 Å². The Balaban J connectivity index is 2.15. The van der Waals surface area contributed by atoms with E-state index >= 15 is 0 Å². The molecule has 0 heterocycles. The van der Waals surface area contributed by atoms with E-state index in [0.29, 0.717) is 17.9 Å². The van der Waals surface area contributed by atoms with Crippen LogP contribution in [0.5, 0.6) is 0 Å². The maximum absolute atomic E-state index is 11.9. The molecule has 0 aliphatic heterocycles. The topological polar surface area (TPSA) is 73.6 Å². The van der Waals surface area contributed by atoms with E-state index in [1.807, 2.05) is 12.1 Å². The fourth-order valence-electron chi connectivity index (χ4n) is 2.80. The van der Waals surface area contributed by atoms with Gasteiger partial charge in [-0.2, -0.15) is 0 Å². The SMILES string of the molecule is CCOC(=O)c1cccc(NC2CC(OC)C2(C)C)c1N. The molecule has 1 aromatic carbocycles. The van der Waals surface area contributed by atoms with Gasteiger partial charge in [-0.3, -0.25) is 0 Å². The summed E-state index contributed by atoms with van der Waals surface area (Å²) in [5.74, 6) is -0.388. The molecule has 116 valence electrons. The third-order valence-corrected chi connectivity index (χ3v) is 4.39. The largest absolute Gasteiger partial charge is 0.462 e. The van der Waals surface area contributed by atoms with Gasteiger partial charge in [0.25, 0.3) is 0 Å². The Morgan fingerprint density at radius 3 is 2.76 bits per heavy atom. The van der Waals surface area contributed by atoms with E-state index in [2.05, 4.69) is 19.2 Å². The van der Waals surface area contributed by atoms with Gasteiger partial charge in [0.15, 0.2) is 0 Å². The smallest absolute Gasteiger partial charge is 0.340 e. The standard InChI is InChI=1S/C16H24N2O3/c1-5-21-15(19)10-7-6-8-11(14(10)17)18-12-9-13(20-4)16(12,2)3/h6-8,12-13,18H,5,9,17H2,1-4H3. The third-order valence-electron chi connectivity index (χ3n) is 4.39. The van der Waals surface area contributed by atoms with Crippen molar-refractivity contribution in [3.63, 3.8) is 0 Å². The minimum absolute atomic E-state index is 0.0289. The molecule has 0 saturated heterocycles. The van der Waals surface area contributed by atoms with Crippen molar-refractivity contribution in [2.75, 3.05) is 24.8 Å². The Hall–Kier alpha value is -1.75. The lowest BCUT2D eigenvalue weighted by Crippen LogP contribution is -2.57. The Labute approximate surface area is 125 Å². The van der Waals surface area contributed by atoms with Crippen LogP contribution >= 0.6 is 0 Å². The highest BCUT2D eigenvalue weighted by Gasteiger charge is 2.48. The van der Waals surface area contributed by atoms with Crippen LogP contribution in [-0.4, -0.2) is 31.8 Å². The summed E-state index contributed by atoms with van der Waals surface area (Å²) in [6.07, 6.45) is 1.16. The lowest BCUT2D eigenvalue weighted by Gasteiger charge is -2.51. The molecule has 0 aromatic heterocycles. The molecule has 3 N–H and O–H groups in total. The second kappa shape index (κ2) is 5.93. The van der Waals surface area contributed by atoms with Crippen molar-refractivity contribution in [3.05, 3.63) is 23.8 Å². The third kappa shape index (κ3) is 2.83. The monoisotopic (exact) mass is 292 g/mol. The number of carbonyl (C=O) groups excluding carboxylic acids is 1. The summed E-state index contributed by atoms with van der Waals surface area (Å²) in [6, 6.07) is 5.64. The summed E-state index contributed by atoms with van der Waals surface area (Å²) in [6.45, 7) is 6.43. The average Bonchev–Trinajstić information content (AvgIpc) is 2.44. The molecule has 1 aliphatic rings. The van der Waals surface area contributed by atoms with Gasteiger partial charge < -0.3 is 20.5 Å². The molecule has 0 amide bonds. The number of anilines is 2. The maximum Gasteiger partial charge on any atom is 0.340 e. The number of nitrogens with two attached hydrogens (primary N) is 1. The minimum Gasteiger partial charge on any atom is -0.462 e. The molecule has 1 fully saturated rings. The lowest BCUT2D eigenvalue weighted by molar-refractivity contribution is -0.0794. The number of para-hydroxylation sites is 1. The second-order valence-electron chi connectivity index (χ2n) is 5.97. The molecule has 1 saturated carbocycles. The molecule has 2 rings (SSSR count). The number of carbonyl (C=O) groups is 1. The number of ether oxygens (including phenoxy) is 2. The van der Waals surface area contributed by atoms with Crippen molar-refractivity contribution in [3.8, 4) is 0 Å². The fraction of sp³-hybridized carbons (Fsp3) is 0.562. The Bertz CT molecular complexity index is 528. The van der Waals surface area contributed by atoms with Gasteiger partial charge >= 0.3 is 5.97 Å². The van der Waals surface area contributed by atoms with E-state index in [1.165, 1.54) is 0 Å². The number of hydrogen-bond donors (Lipinski definition) is 2. The molecule has 0 bridgehead atoms. The molecule has 1 aliphatic carbocycles. The van der Waals surface area contributed by atoms with Crippen molar-refractivity contribution in [2.24, 2.45) is 5.41 Å². The summed E-state index contributed by atoms with van der Waals surface area (Å²) in [4.78, 5) is 11.9. The van der Waals surface area contributed by atoms with E-state index in [9.17, 15) is 4.79 Å². The first-order chi connectivity index (χ1) is 9.91. The summed E-state index contributed by atoms with van der Waals surface area (Å²) < 4.78 is 10.5. The molecule has 0 radical (unpaired) electrons. The molecule has 21 heavy (non-hydrogen) atoms. The van der Waals surface area contributed by atoms with Gasteiger partial charge in [0.1, 0.15) is 0 Å². The van der Waals surface area contributed by atoms with Crippen LogP contribution in [-0.2, 0) is 9.47 Å². The highest BCUT2D eigenvalue weighted by molar-refractivity contribution is 5.98. The summed E-state index contributed by atoms with van der Waals surface area (Å²) in [7, 11) is 1.73. The van der Waals surface area contributed by atoms with Gasteiger partial charge in [-0.1, -0.05) is 19.9 Å². The fourth-order valence-corrected chi connectivity index (χ4v) is 2.80. The van der Waals surface area contributed by atoms with Crippen LogP contribution in [0.15, 0.2) is 18.2 Å². The summed E-state index contributed by atoms with van der Waals surface area (Å²) in [5, 5.41) is 3.43. The van der Waals surface area contributed by atoms with Crippen LogP contribution < -0.4 is 11.1 Å². The average molecular weight is 292 g/mol. The first-order valence-corrected chi connectivity index (χ1v) is 7.26. The first kappa shape index (κ1) is 15.6. The molecular formula is C16H24N2O3. The number of nitrogen functional groups attached to an aromatic ring is 1. The number of methoxy groups -OCH3 is 1. The van der Waals surface area contributed by atoms with Crippen molar-refractivity contribution in [1.82, 2.24) is 0 Å².